The van der Waals surface area contributed by atoms with E-state index in [0.717, 1.165) is 17.5 Å². The van der Waals surface area contributed by atoms with Crippen LogP contribution in [-0.2, 0) is 37.0 Å². The van der Waals surface area contributed by atoms with Crippen LogP contribution in [0.1, 0.15) is 58.4 Å². The summed E-state index contributed by atoms with van der Waals surface area (Å²) in [6.45, 7) is 19.0. The molecule has 0 saturated heterocycles. The lowest BCUT2D eigenvalue weighted by Crippen LogP contribution is -2.26. The van der Waals surface area contributed by atoms with Crippen molar-refractivity contribution in [1.82, 2.24) is 63.9 Å². The molecule has 0 fully saturated rings. The van der Waals surface area contributed by atoms with Gasteiger partial charge < -0.3 is 43.6 Å². The van der Waals surface area contributed by atoms with Gasteiger partial charge in [-0.2, -0.15) is 10.2 Å². The summed E-state index contributed by atoms with van der Waals surface area (Å²) in [6.07, 6.45) is 12.5. The number of aryl methyl sites for hydroxylation is 2. The number of hydrogen-bond acceptors (Lipinski definition) is 15. The number of benzene rings is 2. The van der Waals surface area contributed by atoms with Gasteiger partial charge >= 0.3 is 5.97 Å². The number of ether oxygens (including phenoxy) is 2. The van der Waals surface area contributed by atoms with E-state index in [1.54, 1.807) is 76.4 Å². The second-order valence-electron chi connectivity index (χ2n) is 20.9. The minimum atomic E-state index is -1.25. The molecule has 10 rings (SSSR count). The lowest BCUT2D eigenvalue weighted by Gasteiger charge is -2.15. The van der Waals surface area contributed by atoms with E-state index in [9.17, 15) is 23.5 Å². The predicted molar refractivity (Wildman–Crippen MR) is 291 cm³/mol. The number of halogens is 2. The molecule has 4 N–H and O–H groups in total. The van der Waals surface area contributed by atoms with Gasteiger partial charge in [0.25, 0.3) is 5.91 Å². The highest BCUT2D eigenvalue weighted by molar-refractivity contribution is 6.76. The molecule has 0 saturated carbocycles. The summed E-state index contributed by atoms with van der Waals surface area (Å²) in [5, 5.41) is 23.0. The van der Waals surface area contributed by atoms with Gasteiger partial charge in [-0.15, -0.1) is 0 Å². The number of fused-ring (bicyclic) bond motifs is 4. The average molecular weight is 1090 g/mol. The molecule has 0 spiro atoms. The second-order valence-corrected chi connectivity index (χ2v) is 32.1. The molecule has 77 heavy (non-hydrogen) atoms. The lowest BCUT2D eigenvalue weighted by atomic mass is 10.1. The summed E-state index contributed by atoms with van der Waals surface area (Å²) < 4.78 is 56.0. The van der Waals surface area contributed by atoms with Crippen molar-refractivity contribution >= 4 is 72.2 Å². The Morgan fingerprint density at radius 2 is 1.16 bits per heavy atom. The number of amides is 1. The van der Waals surface area contributed by atoms with Crippen molar-refractivity contribution < 1.29 is 41.8 Å². The first-order valence-corrected chi connectivity index (χ1v) is 32.2. The molecule has 0 aliphatic heterocycles. The van der Waals surface area contributed by atoms with Gasteiger partial charge in [-0.3, -0.25) is 14.2 Å². The normalized spacial score (nSPS) is 12.7. The average Bonchev–Trinajstić information content (AvgIpc) is 4.37. The van der Waals surface area contributed by atoms with Gasteiger partial charge in [0.15, 0.2) is 11.3 Å². The first kappa shape index (κ1) is 55.4. The van der Waals surface area contributed by atoms with Crippen LogP contribution in [-0.4, -0.2) is 105 Å². The first-order valence-electron chi connectivity index (χ1n) is 24.8. The largest absolute Gasteiger partial charge is 0.478 e. The predicted octanol–water partition coefficient (Wildman–Crippen LogP) is 9.74. The Labute approximate surface area is 443 Å². The van der Waals surface area contributed by atoms with Crippen LogP contribution in [0.15, 0.2) is 94.9 Å². The van der Waals surface area contributed by atoms with Crippen LogP contribution in [0, 0.1) is 11.6 Å². The maximum Gasteiger partial charge on any atom is 0.339 e. The van der Waals surface area contributed by atoms with Gasteiger partial charge in [0, 0.05) is 66.6 Å². The smallest absolute Gasteiger partial charge is 0.339 e. The van der Waals surface area contributed by atoms with Crippen molar-refractivity contribution in [3.05, 3.63) is 121 Å². The van der Waals surface area contributed by atoms with Crippen LogP contribution in [0.3, 0.4) is 0 Å². The molecular formula is C52H62F2N14O7Si2. The zero-order valence-electron chi connectivity index (χ0n) is 44.6. The molecule has 10 aromatic rings. The van der Waals surface area contributed by atoms with E-state index in [1.165, 1.54) is 49.2 Å². The Kier molecular flexibility index (Phi) is 16.7. The van der Waals surface area contributed by atoms with Gasteiger partial charge in [0.05, 0.1) is 47.4 Å². The zero-order chi connectivity index (χ0) is 55.3. The topological polar surface area (TPSA) is 260 Å². The number of carboxylic acid groups (broad SMARTS) is 1. The third-order valence-electron chi connectivity index (χ3n) is 12.2. The molecule has 25 heteroatoms. The summed E-state index contributed by atoms with van der Waals surface area (Å²) >= 11 is 0. The number of nitrogens with zero attached hydrogens (tertiary/aromatic N) is 12. The zero-order valence-corrected chi connectivity index (χ0v) is 46.6. The van der Waals surface area contributed by atoms with Crippen molar-refractivity contribution in [1.29, 1.82) is 0 Å². The van der Waals surface area contributed by atoms with E-state index in [4.69, 9.17) is 29.0 Å². The number of carbonyl (C=O) groups is 2. The number of nitrogens with one attached hydrogen (secondary N) is 1. The van der Waals surface area contributed by atoms with Crippen LogP contribution in [0.2, 0.25) is 51.4 Å². The monoisotopic (exact) mass is 1090 g/mol. The van der Waals surface area contributed by atoms with E-state index in [1.807, 2.05) is 6.92 Å². The van der Waals surface area contributed by atoms with Crippen molar-refractivity contribution in [3.63, 3.8) is 0 Å². The van der Waals surface area contributed by atoms with E-state index >= 15 is 0 Å². The summed E-state index contributed by atoms with van der Waals surface area (Å²) in [7, 11) is 0.992. The van der Waals surface area contributed by atoms with Gasteiger partial charge in [-0.25, -0.2) is 43.5 Å². The molecule has 2 aromatic carbocycles. The number of aromatic nitrogens is 12. The molecule has 0 aliphatic rings. The number of carboxylic acids is 1. The van der Waals surface area contributed by atoms with Crippen molar-refractivity contribution in [2.45, 2.75) is 90.8 Å². The molecule has 2 atom stereocenters. The Morgan fingerprint density at radius 1 is 0.701 bits per heavy atom. The van der Waals surface area contributed by atoms with Crippen molar-refractivity contribution in [2.24, 2.45) is 19.8 Å². The highest BCUT2D eigenvalue weighted by Crippen LogP contribution is 2.31. The van der Waals surface area contributed by atoms with Gasteiger partial charge in [-0.1, -0.05) is 39.3 Å². The number of rotatable bonds is 17. The molecule has 8 heterocycles. The van der Waals surface area contributed by atoms with Crippen LogP contribution < -0.4 is 11.1 Å². The first-order chi connectivity index (χ1) is 36.5. The maximum atomic E-state index is 13.8. The third-order valence-corrected chi connectivity index (χ3v) is 15.6. The van der Waals surface area contributed by atoms with E-state index < -0.39 is 28.2 Å². The standard InChI is InChI=1S/C26H30FN7O3Si.C21H24FN5O3Si.C5H8N2O/c1-16(26-28-8-9-37-26)30-25(35)19-14-34(15-36-10-11-38(3,4)5)24-23(19)31-20(13-29-24)22-18-7-6-17(27)12-21(18)33(2)32-22;1-26-17-9-13(22)5-6-14(17)18(25-26)16-10-23-20-19(24-16)15(21(28)29)11-27(20)12-30-7-8-31(2,3)4;1-4(6)5-7-2-3-8-5/h6-9,12-14,16H,10-11,15H2,1-5H3,(H,30,35);5-6,9-11H,7-8,12H2,1-4H3,(H,28,29);2-4H,6H2,1H3. The molecule has 1 amide bonds. The van der Waals surface area contributed by atoms with E-state index in [2.05, 4.69) is 79.7 Å². The molecule has 2 unspecified atom stereocenters. The van der Waals surface area contributed by atoms with Crippen molar-refractivity contribution in [3.8, 4) is 22.8 Å². The molecule has 0 aliphatic carbocycles. The summed E-state index contributed by atoms with van der Waals surface area (Å²) in [5.41, 5.74) is 10.6. The fraction of sp³-hybridized carbons (Fsp3) is 0.346. The molecule has 404 valence electrons. The SMILES string of the molecule is CC(N)c1ncco1.CC(NC(=O)c1cn(COCC[Si](C)(C)C)c2ncc(-c3nn(C)c4cc(F)ccc34)nc12)c1ncco1.Cn1nc(-c2cnc3c(n2)c(C(=O)O)cn3COCC[Si](C)(C)C)c2ccc(F)cc21. The Balaban J connectivity index is 0.000000180. The number of oxazole rings is 2. The Bertz CT molecular complexity index is 3670. The summed E-state index contributed by atoms with van der Waals surface area (Å²) in [6, 6.07) is 10.4. The summed E-state index contributed by atoms with van der Waals surface area (Å²) in [5.74, 6) is -1.16. The molecule has 0 bridgehead atoms. The van der Waals surface area contributed by atoms with Gasteiger partial charge in [0.1, 0.15) is 83.0 Å². The number of nitrogens with two attached hydrogens (primary N) is 1. The van der Waals surface area contributed by atoms with Crippen molar-refractivity contribution in [2.75, 3.05) is 13.2 Å². The van der Waals surface area contributed by atoms with E-state index in [0.29, 0.717) is 86.6 Å². The number of hydrogen-bond donors (Lipinski definition) is 3. The molecule has 8 aromatic heterocycles. The molecule has 0 radical (unpaired) electrons. The molecular weight excluding hydrogens is 1030 g/mol. The lowest BCUT2D eigenvalue weighted by molar-refractivity contribution is 0.0695. The van der Waals surface area contributed by atoms with Crippen LogP contribution in [0.5, 0.6) is 0 Å². The maximum absolute atomic E-state index is 13.8. The Morgan fingerprint density at radius 3 is 1.57 bits per heavy atom. The minimum Gasteiger partial charge on any atom is -0.478 e. The Hall–Kier alpha value is -7.85. The molecule has 21 nitrogen and oxygen atoms in total. The highest BCUT2D eigenvalue weighted by atomic mass is 28.3. The van der Waals surface area contributed by atoms with Gasteiger partial charge in [0.2, 0.25) is 11.8 Å². The van der Waals surface area contributed by atoms with E-state index in [-0.39, 0.29) is 48.1 Å². The quantitative estimate of drug-likeness (QED) is 0.0566. The third kappa shape index (κ3) is 13.2. The summed E-state index contributed by atoms with van der Waals surface area (Å²) in [4.78, 5) is 51.6. The number of aromatic carboxylic acids is 1. The number of carbonyl (C=O) groups excluding carboxylic acids is 1. The fourth-order valence-corrected chi connectivity index (χ4v) is 9.53. The highest BCUT2D eigenvalue weighted by Gasteiger charge is 2.25. The van der Waals surface area contributed by atoms with Crippen LogP contribution in [0.25, 0.3) is 66.9 Å². The fourth-order valence-electron chi connectivity index (χ4n) is 8.02. The van der Waals surface area contributed by atoms with Gasteiger partial charge in [-0.05, 0) is 62.3 Å². The minimum absolute atomic E-state index is 0.0458. The van der Waals surface area contributed by atoms with Crippen LogP contribution in [0.4, 0.5) is 8.78 Å². The second kappa shape index (κ2) is 23.2. The van der Waals surface area contributed by atoms with Crippen LogP contribution >= 0.6 is 0 Å².